The molecule has 1 unspecified atom stereocenters. The van der Waals surface area contributed by atoms with Crippen molar-refractivity contribution < 1.29 is 27.8 Å². The molecule has 2 aliphatic rings. The number of aryl methyl sites for hydroxylation is 1. The number of nitrogens with zero attached hydrogens (tertiary/aromatic N) is 1. The molecule has 0 radical (unpaired) electrons. The highest BCUT2D eigenvalue weighted by molar-refractivity contribution is 9.10. The van der Waals surface area contributed by atoms with E-state index in [0.29, 0.717) is 16.9 Å². The Bertz CT molecular complexity index is 1240. The van der Waals surface area contributed by atoms with Crippen LogP contribution in [0.2, 0.25) is 0 Å². The lowest BCUT2D eigenvalue weighted by atomic mass is 9.91. The Morgan fingerprint density at radius 1 is 1.12 bits per heavy atom. The molecule has 0 spiro atoms. The predicted molar refractivity (Wildman–Crippen MR) is 126 cm³/mol. The minimum atomic E-state index is -4.39. The zero-order valence-electron chi connectivity index (χ0n) is 18.5. The summed E-state index contributed by atoms with van der Waals surface area (Å²) >= 11 is 3.64. The predicted octanol–water partition coefficient (Wildman–Crippen LogP) is 7.62. The Morgan fingerprint density at radius 2 is 1.88 bits per heavy atom. The van der Waals surface area contributed by atoms with Crippen molar-refractivity contribution in [2.75, 3.05) is 0 Å². The monoisotopic (exact) mass is 535 g/mol. The molecule has 8 heteroatoms. The molecule has 2 heterocycles. The van der Waals surface area contributed by atoms with E-state index in [9.17, 15) is 23.1 Å². The van der Waals surface area contributed by atoms with Crippen LogP contribution in [0.3, 0.4) is 0 Å². The summed E-state index contributed by atoms with van der Waals surface area (Å²) in [7, 11) is 0. The standard InChI is InChI=1S/C26H25BrF3NO3/c27-24-20-13-18(6-8-22(20)31-10-9-17(25(24)31)12-23(32)33)34-14-15-5-7-19(16-3-1-2-4-16)21(11-15)26(28,29)30/h5-8,11,13,16-17H,1-4,9-10,12,14H2,(H,32,33). The lowest BCUT2D eigenvalue weighted by Gasteiger charge is -2.19. The fourth-order valence-corrected chi connectivity index (χ4v) is 6.43. The number of carbonyl (C=O) groups is 1. The third-order valence-electron chi connectivity index (χ3n) is 7.14. The number of rotatable bonds is 6. The van der Waals surface area contributed by atoms with Gasteiger partial charge in [-0.2, -0.15) is 13.2 Å². The third-order valence-corrected chi connectivity index (χ3v) is 7.98. The van der Waals surface area contributed by atoms with Gasteiger partial charge in [0.1, 0.15) is 12.4 Å². The zero-order valence-corrected chi connectivity index (χ0v) is 20.1. The molecule has 180 valence electrons. The Hall–Kier alpha value is -2.48. The fourth-order valence-electron chi connectivity index (χ4n) is 5.57. The van der Waals surface area contributed by atoms with Gasteiger partial charge in [0.15, 0.2) is 0 Å². The highest BCUT2D eigenvalue weighted by Gasteiger charge is 2.36. The molecule has 0 saturated heterocycles. The van der Waals surface area contributed by atoms with Crippen LogP contribution >= 0.6 is 15.9 Å². The molecule has 1 fully saturated rings. The quantitative estimate of drug-likeness (QED) is 0.353. The summed E-state index contributed by atoms with van der Waals surface area (Å²) in [6.45, 7) is 0.787. The number of hydrogen-bond acceptors (Lipinski definition) is 2. The van der Waals surface area contributed by atoms with Crippen LogP contribution in [0, 0.1) is 0 Å². The minimum absolute atomic E-state index is 0.0203. The topological polar surface area (TPSA) is 51.5 Å². The summed E-state index contributed by atoms with van der Waals surface area (Å²) in [6.07, 6.45) is 0.0447. The largest absolute Gasteiger partial charge is 0.489 e. The van der Waals surface area contributed by atoms with Crippen molar-refractivity contribution in [1.82, 2.24) is 4.57 Å². The maximum atomic E-state index is 13.8. The van der Waals surface area contributed by atoms with Crippen LogP contribution in [0.4, 0.5) is 13.2 Å². The number of ether oxygens (including phenoxy) is 1. The summed E-state index contributed by atoms with van der Waals surface area (Å²) in [5, 5.41) is 10.1. The number of aliphatic carboxylic acids is 1. The molecular weight excluding hydrogens is 511 g/mol. The van der Waals surface area contributed by atoms with E-state index in [1.807, 2.05) is 18.2 Å². The Kier molecular flexibility index (Phi) is 6.12. The van der Waals surface area contributed by atoms with Crippen LogP contribution in [0.1, 0.15) is 72.7 Å². The lowest BCUT2D eigenvalue weighted by molar-refractivity contribution is -0.139. The highest BCUT2D eigenvalue weighted by atomic mass is 79.9. The van der Waals surface area contributed by atoms with Gasteiger partial charge < -0.3 is 14.4 Å². The molecular formula is C26H25BrF3NO3. The number of halogens is 4. The zero-order chi connectivity index (χ0) is 24.0. The van der Waals surface area contributed by atoms with Crippen LogP contribution in [-0.2, 0) is 24.1 Å². The van der Waals surface area contributed by atoms with E-state index in [1.165, 1.54) is 6.07 Å². The van der Waals surface area contributed by atoms with Crippen molar-refractivity contribution in [1.29, 1.82) is 0 Å². The van der Waals surface area contributed by atoms with Gasteiger partial charge in [0.2, 0.25) is 0 Å². The summed E-state index contributed by atoms with van der Waals surface area (Å²) < 4.78 is 50.2. The SMILES string of the molecule is O=C(O)CC1CCn2c1c(Br)c1cc(OCc3ccc(C4CCCC4)c(C(F)(F)F)c3)ccc12. The molecule has 1 atom stereocenters. The number of fused-ring (bicyclic) bond motifs is 3. The van der Waals surface area contributed by atoms with Gasteiger partial charge in [-0.05, 0) is 76.5 Å². The van der Waals surface area contributed by atoms with E-state index < -0.39 is 17.7 Å². The van der Waals surface area contributed by atoms with E-state index in [4.69, 9.17) is 4.74 Å². The highest BCUT2D eigenvalue weighted by Crippen LogP contribution is 2.44. The van der Waals surface area contributed by atoms with Crippen LogP contribution in [0.15, 0.2) is 40.9 Å². The second-order valence-electron chi connectivity index (χ2n) is 9.30. The van der Waals surface area contributed by atoms with Crippen LogP contribution < -0.4 is 4.74 Å². The van der Waals surface area contributed by atoms with E-state index in [-0.39, 0.29) is 24.9 Å². The normalized spacial score (nSPS) is 18.5. The summed E-state index contributed by atoms with van der Waals surface area (Å²) in [5.41, 5.74) is 2.30. The van der Waals surface area contributed by atoms with Gasteiger partial charge in [0.05, 0.1) is 12.0 Å². The van der Waals surface area contributed by atoms with Crippen LogP contribution in [0.25, 0.3) is 10.9 Å². The van der Waals surface area contributed by atoms with Gasteiger partial charge >= 0.3 is 12.1 Å². The maximum Gasteiger partial charge on any atom is 0.416 e. The van der Waals surface area contributed by atoms with Gasteiger partial charge in [-0.3, -0.25) is 4.79 Å². The van der Waals surface area contributed by atoms with E-state index >= 15 is 0 Å². The number of carboxylic acids is 1. The first-order valence-corrected chi connectivity index (χ1v) is 12.4. The summed E-state index contributed by atoms with van der Waals surface area (Å²) in [5.74, 6) is -0.339. The van der Waals surface area contributed by atoms with Crippen LogP contribution in [-0.4, -0.2) is 15.6 Å². The van der Waals surface area contributed by atoms with Gasteiger partial charge in [-0.15, -0.1) is 0 Å². The number of aromatic nitrogens is 1. The Labute approximate surface area is 203 Å². The van der Waals surface area contributed by atoms with E-state index in [0.717, 1.165) is 59.7 Å². The first-order chi connectivity index (χ1) is 16.2. The molecule has 1 aliphatic heterocycles. The first-order valence-electron chi connectivity index (χ1n) is 11.6. The number of carboxylic acid groups (broad SMARTS) is 1. The first kappa shape index (κ1) is 23.3. The molecule has 2 aromatic carbocycles. The van der Waals surface area contributed by atoms with Gasteiger partial charge in [-0.1, -0.05) is 25.0 Å². The van der Waals surface area contributed by atoms with Crippen molar-refractivity contribution in [2.45, 2.75) is 69.7 Å². The smallest absolute Gasteiger partial charge is 0.416 e. The summed E-state index contributed by atoms with van der Waals surface area (Å²) in [4.78, 5) is 11.2. The van der Waals surface area contributed by atoms with Crippen molar-refractivity contribution in [2.24, 2.45) is 0 Å². The molecule has 3 aromatic rings. The molecule has 1 aromatic heterocycles. The average Bonchev–Trinajstić information content (AvgIpc) is 3.51. The number of hydrogen-bond donors (Lipinski definition) is 1. The molecule has 0 amide bonds. The van der Waals surface area contributed by atoms with E-state index in [2.05, 4.69) is 20.5 Å². The Morgan fingerprint density at radius 3 is 2.59 bits per heavy atom. The lowest BCUT2D eigenvalue weighted by Crippen LogP contribution is -2.12. The molecule has 5 rings (SSSR count). The third kappa shape index (κ3) is 4.32. The molecule has 1 N–H and O–H groups in total. The van der Waals surface area contributed by atoms with Gasteiger partial charge in [0.25, 0.3) is 0 Å². The second-order valence-corrected chi connectivity index (χ2v) is 10.1. The maximum absolute atomic E-state index is 13.8. The Balaban J connectivity index is 1.38. The van der Waals surface area contributed by atoms with Crippen molar-refractivity contribution in [3.63, 3.8) is 0 Å². The number of alkyl halides is 3. The van der Waals surface area contributed by atoms with Crippen molar-refractivity contribution in [3.8, 4) is 5.75 Å². The van der Waals surface area contributed by atoms with Crippen LogP contribution in [0.5, 0.6) is 5.75 Å². The fraction of sp³-hybridized carbons (Fsp3) is 0.423. The molecule has 34 heavy (non-hydrogen) atoms. The number of benzene rings is 2. The molecule has 4 nitrogen and oxygen atoms in total. The summed E-state index contributed by atoms with van der Waals surface area (Å²) in [6, 6.07) is 10.2. The van der Waals surface area contributed by atoms with Crippen molar-refractivity contribution >= 4 is 32.8 Å². The van der Waals surface area contributed by atoms with Crippen molar-refractivity contribution in [3.05, 3.63) is 63.3 Å². The van der Waals surface area contributed by atoms with Gasteiger partial charge in [0, 0.05) is 33.5 Å². The minimum Gasteiger partial charge on any atom is -0.489 e. The average molecular weight is 536 g/mol. The molecule has 0 bridgehead atoms. The molecule has 1 saturated carbocycles. The van der Waals surface area contributed by atoms with E-state index in [1.54, 1.807) is 12.1 Å². The molecule has 1 aliphatic carbocycles. The second kappa shape index (κ2) is 8.95. The van der Waals surface area contributed by atoms with Gasteiger partial charge in [-0.25, -0.2) is 0 Å².